The Morgan fingerprint density at radius 1 is 1.12 bits per heavy atom. The summed E-state index contributed by atoms with van der Waals surface area (Å²) in [5, 5.41) is 14.4. The number of hydrogen-bond donors (Lipinski definition) is 1. The number of benzene rings is 2. The Kier molecular flexibility index (Phi) is 4.48. The molecular weight excluding hydrogens is 326 g/mol. The van der Waals surface area contributed by atoms with Crippen LogP contribution in [0.4, 0.5) is 0 Å². The molecule has 26 heavy (non-hydrogen) atoms. The van der Waals surface area contributed by atoms with Gasteiger partial charge in [-0.25, -0.2) is 0 Å². The quantitative estimate of drug-likeness (QED) is 0.789. The van der Waals surface area contributed by atoms with E-state index in [9.17, 15) is 4.79 Å². The maximum atomic E-state index is 13.3. The van der Waals surface area contributed by atoms with Crippen LogP contribution in [0.1, 0.15) is 40.5 Å². The fourth-order valence-corrected chi connectivity index (χ4v) is 3.66. The Bertz CT molecular complexity index is 906. The van der Waals surface area contributed by atoms with Gasteiger partial charge in [-0.3, -0.25) is 4.79 Å². The molecule has 0 radical (unpaired) electrons. The van der Waals surface area contributed by atoms with Crippen LogP contribution in [0.5, 0.6) is 0 Å². The molecule has 1 atom stereocenters. The SMILES string of the molecule is Cc1ccccc1-c1ccccc1C(=O)N1CCCC(c2nn[nH]n2)C1. The highest BCUT2D eigenvalue weighted by atomic mass is 16.2. The van der Waals surface area contributed by atoms with E-state index in [-0.39, 0.29) is 11.8 Å². The number of aryl methyl sites for hydroxylation is 1. The van der Waals surface area contributed by atoms with E-state index in [4.69, 9.17) is 0 Å². The Balaban J connectivity index is 1.64. The molecule has 132 valence electrons. The third kappa shape index (κ3) is 3.10. The first kappa shape index (κ1) is 16.4. The summed E-state index contributed by atoms with van der Waals surface area (Å²) in [7, 11) is 0. The molecule has 2 aromatic carbocycles. The van der Waals surface area contributed by atoms with Crippen molar-refractivity contribution >= 4 is 5.91 Å². The van der Waals surface area contributed by atoms with Crippen molar-refractivity contribution in [2.24, 2.45) is 0 Å². The number of carbonyl (C=O) groups is 1. The van der Waals surface area contributed by atoms with Gasteiger partial charge in [-0.05, 0) is 42.5 Å². The van der Waals surface area contributed by atoms with E-state index in [0.29, 0.717) is 12.4 Å². The van der Waals surface area contributed by atoms with E-state index < -0.39 is 0 Å². The molecule has 1 amide bonds. The summed E-state index contributed by atoms with van der Waals surface area (Å²) in [4.78, 5) is 15.2. The Morgan fingerprint density at radius 3 is 2.65 bits per heavy atom. The minimum atomic E-state index is 0.0667. The lowest BCUT2D eigenvalue weighted by Crippen LogP contribution is -2.39. The standard InChI is InChI=1S/C20H21N5O/c1-14-7-2-3-9-16(14)17-10-4-5-11-18(17)20(26)25-12-6-8-15(13-25)19-21-23-24-22-19/h2-5,7,9-11,15H,6,8,12-13H2,1H3,(H,21,22,23,24). The number of carbonyl (C=O) groups excluding carboxylic acids is 1. The zero-order chi connectivity index (χ0) is 17.9. The molecule has 1 fully saturated rings. The van der Waals surface area contributed by atoms with Gasteiger partial charge in [0, 0.05) is 24.6 Å². The molecule has 6 nitrogen and oxygen atoms in total. The number of rotatable bonds is 3. The van der Waals surface area contributed by atoms with E-state index in [2.05, 4.69) is 39.7 Å². The van der Waals surface area contributed by atoms with Gasteiger partial charge in [0.1, 0.15) is 0 Å². The molecule has 1 aliphatic rings. The Morgan fingerprint density at radius 2 is 1.88 bits per heavy atom. The molecule has 1 aromatic heterocycles. The second-order valence-corrected chi connectivity index (χ2v) is 6.72. The highest BCUT2D eigenvalue weighted by Gasteiger charge is 2.28. The van der Waals surface area contributed by atoms with Crippen molar-refractivity contribution in [1.29, 1.82) is 0 Å². The molecule has 0 spiro atoms. The van der Waals surface area contributed by atoms with Crippen molar-refractivity contribution in [2.75, 3.05) is 13.1 Å². The number of likely N-dealkylation sites (tertiary alicyclic amines) is 1. The number of aromatic nitrogens is 4. The van der Waals surface area contributed by atoms with Crippen LogP contribution in [-0.2, 0) is 0 Å². The third-order valence-electron chi connectivity index (χ3n) is 5.03. The largest absolute Gasteiger partial charge is 0.338 e. The van der Waals surface area contributed by atoms with Crippen LogP contribution in [-0.4, -0.2) is 44.5 Å². The summed E-state index contributed by atoms with van der Waals surface area (Å²) >= 11 is 0. The molecule has 1 saturated heterocycles. The van der Waals surface area contributed by atoms with Gasteiger partial charge in [0.2, 0.25) is 0 Å². The molecule has 0 bridgehead atoms. The predicted octanol–water partition coefficient (Wildman–Crippen LogP) is 3.19. The van der Waals surface area contributed by atoms with Crippen LogP contribution in [0.2, 0.25) is 0 Å². The Labute approximate surface area is 152 Å². The van der Waals surface area contributed by atoms with Crippen LogP contribution >= 0.6 is 0 Å². The van der Waals surface area contributed by atoms with Gasteiger partial charge >= 0.3 is 0 Å². The molecular formula is C20H21N5O. The summed E-state index contributed by atoms with van der Waals surface area (Å²) in [6.45, 7) is 3.46. The van der Waals surface area contributed by atoms with Crippen molar-refractivity contribution in [2.45, 2.75) is 25.7 Å². The predicted molar refractivity (Wildman–Crippen MR) is 98.7 cm³/mol. The number of tetrazole rings is 1. The van der Waals surface area contributed by atoms with Gasteiger partial charge < -0.3 is 4.90 Å². The molecule has 0 aliphatic carbocycles. The van der Waals surface area contributed by atoms with E-state index in [1.807, 2.05) is 41.3 Å². The van der Waals surface area contributed by atoms with Crippen molar-refractivity contribution in [3.63, 3.8) is 0 Å². The normalized spacial score (nSPS) is 17.3. The van der Waals surface area contributed by atoms with Gasteiger partial charge in [-0.15, -0.1) is 10.2 Å². The monoisotopic (exact) mass is 347 g/mol. The molecule has 1 N–H and O–H groups in total. The van der Waals surface area contributed by atoms with Gasteiger partial charge in [0.25, 0.3) is 5.91 Å². The van der Waals surface area contributed by atoms with Gasteiger partial charge in [-0.1, -0.05) is 47.7 Å². The summed E-state index contributed by atoms with van der Waals surface area (Å²) in [6, 6.07) is 16.0. The molecule has 6 heteroatoms. The summed E-state index contributed by atoms with van der Waals surface area (Å²) in [5.41, 5.74) is 3.99. The number of hydrogen-bond acceptors (Lipinski definition) is 4. The lowest BCUT2D eigenvalue weighted by molar-refractivity contribution is 0.0705. The van der Waals surface area contributed by atoms with Gasteiger partial charge in [0.15, 0.2) is 5.82 Å². The molecule has 2 heterocycles. The topological polar surface area (TPSA) is 74.8 Å². The average Bonchev–Trinajstić information content (AvgIpc) is 3.23. The lowest BCUT2D eigenvalue weighted by atomic mass is 9.93. The summed E-state index contributed by atoms with van der Waals surface area (Å²) in [6.07, 6.45) is 1.92. The number of nitrogens with one attached hydrogen (secondary N) is 1. The molecule has 1 unspecified atom stereocenters. The van der Waals surface area contributed by atoms with Gasteiger partial charge in [0.05, 0.1) is 0 Å². The van der Waals surface area contributed by atoms with Crippen molar-refractivity contribution in [3.05, 3.63) is 65.5 Å². The zero-order valence-electron chi connectivity index (χ0n) is 14.7. The Hall–Kier alpha value is -3.02. The second kappa shape index (κ2) is 7.07. The number of H-pyrrole nitrogens is 1. The zero-order valence-corrected chi connectivity index (χ0v) is 14.7. The van der Waals surface area contributed by atoms with Crippen LogP contribution in [0.15, 0.2) is 48.5 Å². The highest BCUT2D eigenvalue weighted by Crippen LogP contribution is 2.30. The molecule has 0 saturated carbocycles. The average molecular weight is 347 g/mol. The number of amides is 1. The molecule has 3 aromatic rings. The van der Waals surface area contributed by atoms with E-state index in [1.165, 1.54) is 0 Å². The first-order valence-corrected chi connectivity index (χ1v) is 8.91. The second-order valence-electron chi connectivity index (χ2n) is 6.72. The fraction of sp³-hybridized carbons (Fsp3) is 0.300. The number of aromatic amines is 1. The first-order chi connectivity index (χ1) is 12.7. The maximum absolute atomic E-state index is 13.3. The third-order valence-corrected chi connectivity index (χ3v) is 5.03. The maximum Gasteiger partial charge on any atom is 0.254 e. The number of piperidine rings is 1. The summed E-state index contributed by atoms with van der Waals surface area (Å²) < 4.78 is 0. The van der Waals surface area contributed by atoms with Crippen LogP contribution < -0.4 is 0 Å². The van der Waals surface area contributed by atoms with Crippen LogP contribution in [0.25, 0.3) is 11.1 Å². The lowest BCUT2D eigenvalue weighted by Gasteiger charge is -2.32. The molecule has 4 rings (SSSR count). The minimum Gasteiger partial charge on any atom is -0.338 e. The van der Waals surface area contributed by atoms with Crippen LogP contribution in [0, 0.1) is 6.92 Å². The molecule has 1 aliphatic heterocycles. The van der Waals surface area contributed by atoms with Gasteiger partial charge in [-0.2, -0.15) is 5.21 Å². The van der Waals surface area contributed by atoms with E-state index in [1.54, 1.807) is 0 Å². The fourth-order valence-electron chi connectivity index (χ4n) is 3.66. The van der Waals surface area contributed by atoms with Crippen LogP contribution in [0.3, 0.4) is 0 Å². The van der Waals surface area contributed by atoms with E-state index >= 15 is 0 Å². The summed E-state index contributed by atoms with van der Waals surface area (Å²) in [5.74, 6) is 0.892. The van der Waals surface area contributed by atoms with Crippen molar-refractivity contribution in [1.82, 2.24) is 25.5 Å². The van der Waals surface area contributed by atoms with Crippen molar-refractivity contribution < 1.29 is 4.79 Å². The smallest absolute Gasteiger partial charge is 0.254 e. The highest BCUT2D eigenvalue weighted by molar-refractivity contribution is 6.01. The first-order valence-electron chi connectivity index (χ1n) is 8.91. The van der Waals surface area contributed by atoms with Crippen molar-refractivity contribution in [3.8, 4) is 11.1 Å². The van der Waals surface area contributed by atoms with E-state index in [0.717, 1.165) is 41.6 Å². The number of nitrogens with zero attached hydrogens (tertiary/aromatic N) is 4. The minimum absolute atomic E-state index is 0.0667.